The Balaban J connectivity index is 1.34. The highest BCUT2D eigenvalue weighted by atomic mass is 19.1. The number of hydrogen-bond acceptors (Lipinski definition) is 8. The molecule has 4 aromatic heterocycles. The van der Waals surface area contributed by atoms with E-state index >= 15 is 0 Å². The van der Waals surface area contributed by atoms with E-state index in [1.54, 1.807) is 33.7 Å². The smallest absolute Gasteiger partial charge is 0.228 e. The summed E-state index contributed by atoms with van der Waals surface area (Å²) in [4.78, 5) is 8.93. The van der Waals surface area contributed by atoms with E-state index in [0.717, 1.165) is 16.9 Å². The lowest BCUT2D eigenvalue weighted by Gasteiger charge is -2.15. The highest BCUT2D eigenvalue weighted by Crippen LogP contribution is 2.36. The first-order valence-corrected chi connectivity index (χ1v) is 10.7. The number of nitrogens with one attached hydrogen (secondary N) is 1. The molecule has 0 fully saturated rings. The number of ether oxygens (including phenoxy) is 2. The second kappa shape index (κ2) is 8.10. The molecule has 0 aliphatic carbocycles. The molecule has 5 aromatic rings. The minimum Gasteiger partial charge on any atom is -0.491 e. The number of anilines is 2. The van der Waals surface area contributed by atoms with E-state index in [0.29, 0.717) is 41.9 Å². The molecule has 1 aliphatic rings. The predicted octanol–water partition coefficient (Wildman–Crippen LogP) is 3.71. The molecular formula is C23H19FN8O2. The van der Waals surface area contributed by atoms with Gasteiger partial charge in [-0.25, -0.2) is 18.9 Å². The van der Waals surface area contributed by atoms with Crippen LogP contribution in [0.4, 0.5) is 16.2 Å². The van der Waals surface area contributed by atoms with Crippen molar-refractivity contribution in [3.8, 4) is 22.8 Å². The summed E-state index contributed by atoms with van der Waals surface area (Å²) in [6.07, 6.45) is 5.42. The zero-order valence-corrected chi connectivity index (χ0v) is 18.1. The van der Waals surface area contributed by atoms with Gasteiger partial charge in [-0.05, 0) is 36.4 Å². The zero-order valence-electron chi connectivity index (χ0n) is 18.1. The molecule has 170 valence electrons. The summed E-state index contributed by atoms with van der Waals surface area (Å²) in [5.74, 6) is 2.10. The van der Waals surface area contributed by atoms with Crippen LogP contribution < -0.4 is 14.8 Å². The number of halogens is 1. The molecule has 0 bridgehead atoms. The Morgan fingerprint density at radius 2 is 2.03 bits per heavy atom. The Bertz CT molecular complexity index is 1480. The van der Waals surface area contributed by atoms with E-state index in [1.165, 1.54) is 12.1 Å². The molecule has 5 heterocycles. The molecule has 1 atom stereocenters. The summed E-state index contributed by atoms with van der Waals surface area (Å²) in [5, 5.41) is 16.0. The molecule has 1 unspecified atom stereocenters. The first-order valence-electron chi connectivity index (χ1n) is 10.7. The van der Waals surface area contributed by atoms with E-state index in [1.807, 2.05) is 31.4 Å². The number of nitrogens with zero attached hydrogens (tertiary/aromatic N) is 7. The molecule has 34 heavy (non-hydrogen) atoms. The van der Waals surface area contributed by atoms with Crippen LogP contribution in [0.15, 0.2) is 61.1 Å². The number of rotatable bonds is 5. The monoisotopic (exact) mass is 458 g/mol. The Morgan fingerprint density at radius 3 is 2.85 bits per heavy atom. The third-order valence-corrected chi connectivity index (χ3v) is 5.55. The Hall–Kier alpha value is -4.54. The molecule has 1 aromatic carbocycles. The van der Waals surface area contributed by atoms with Crippen molar-refractivity contribution in [3.63, 3.8) is 0 Å². The van der Waals surface area contributed by atoms with Crippen LogP contribution in [0.25, 0.3) is 16.8 Å². The minimum absolute atomic E-state index is 0.316. The van der Waals surface area contributed by atoms with Gasteiger partial charge in [-0.2, -0.15) is 5.10 Å². The Morgan fingerprint density at radius 1 is 1.15 bits per heavy atom. The number of benzene rings is 1. The third-order valence-electron chi connectivity index (χ3n) is 5.55. The van der Waals surface area contributed by atoms with E-state index < -0.39 is 0 Å². The van der Waals surface area contributed by atoms with Crippen LogP contribution in [0.5, 0.6) is 11.5 Å². The van der Waals surface area contributed by atoms with Crippen LogP contribution in [-0.2, 0) is 7.05 Å². The fourth-order valence-electron chi connectivity index (χ4n) is 3.88. The molecule has 1 aliphatic heterocycles. The average Bonchev–Trinajstić information content (AvgIpc) is 3.41. The first kappa shape index (κ1) is 20.1. The maximum Gasteiger partial charge on any atom is 0.228 e. The third kappa shape index (κ3) is 3.66. The average molecular weight is 458 g/mol. The van der Waals surface area contributed by atoms with Gasteiger partial charge in [0.2, 0.25) is 5.95 Å². The number of pyridine rings is 1. The fourth-order valence-corrected chi connectivity index (χ4v) is 3.88. The van der Waals surface area contributed by atoms with Crippen LogP contribution in [0.2, 0.25) is 0 Å². The first-order chi connectivity index (χ1) is 16.6. The predicted molar refractivity (Wildman–Crippen MR) is 120 cm³/mol. The van der Waals surface area contributed by atoms with Gasteiger partial charge in [0, 0.05) is 37.5 Å². The van der Waals surface area contributed by atoms with E-state index in [4.69, 9.17) is 9.47 Å². The molecule has 11 heteroatoms. The molecule has 0 saturated heterocycles. The highest BCUT2D eigenvalue weighted by molar-refractivity contribution is 5.72. The molecule has 0 amide bonds. The normalized spacial score (nSPS) is 15.1. The molecule has 1 N–H and O–H groups in total. The minimum atomic E-state index is -0.371. The van der Waals surface area contributed by atoms with Crippen molar-refractivity contribution >= 4 is 17.3 Å². The largest absolute Gasteiger partial charge is 0.491 e. The Kier molecular flexibility index (Phi) is 4.79. The maximum atomic E-state index is 13.3. The summed E-state index contributed by atoms with van der Waals surface area (Å²) in [6.45, 7) is 0.429. The van der Waals surface area contributed by atoms with Crippen LogP contribution in [0.1, 0.15) is 18.2 Å². The zero-order chi connectivity index (χ0) is 23.1. The molecule has 6 rings (SSSR count). The van der Waals surface area contributed by atoms with Crippen LogP contribution in [-0.4, -0.2) is 41.2 Å². The second-order valence-electron chi connectivity index (χ2n) is 7.79. The van der Waals surface area contributed by atoms with Crippen LogP contribution in [0, 0.1) is 5.82 Å². The molecule has 0 radical (unpaired) electrons. The van der Waals surface area contributed by atoms with Crippen molar-refractivity contribution in [2.24, 2.45) is 7.05 Å². The highest BCUT2D eigenvalue weighted by Gasteiger charge is 2.27. The number of aromatic nitrogens is 7. The van der Waals surface area contributed by atoms with Crippen molar-refractivity contribution in [2.75, 3.05) is 11.9 Å². The van der Waals surface area contributed by atoms with Gasteiger partial charge in [-0.1, -0.05) is 5.21 Å². The summed E-state index contributed by atoms with van der Waals surface area (Å²) < 4.78 is 28.8. The van der Waals surface area contributed by atoms with Gasteiger partial charge >= 0.3 is 0 Å². The van der Waals surface area contributed by atoms with Crippen molar-refractivity contribution in [2.45, 2.75) is 12.5 Å². The van der Waals surface area contributed by atoms with Crippen molar-refractivity contribution in [3.05, 3.63) is 72.6 Å². The van der Waals surface area contributed by atoms with E-state index in [2.05, 4.69) is 30.7 Å². The lowest BCUT2D eigenvalue weighted by atomic mass is 10.1. The summed E-state index contributed by atoms with van der Waals surface area (Å²) in [5.41, 5.74) is 2.90. The van der Waals surface area contributed by atoms with Crippen molar-refractivity contribution in [1.82, 2.24) is 34.6 Å². The van der Waals surface area contributed by atoms with Gasteiger partial charge in [-0.15, -0.1) is 5.10 Å². The quantitative estimate of drug-likeness (QED) is 0.425. The molecule has 10 nitrogen and oxygen atoms in total. The number of aryl methyl sites for hydroxylation is 1. The second-order valence-corrected chi connectivity index (χ2v) is 7.79. The topological polar surface area (TPSA) is 104 Å². The number of hydrogen-bond donors (Lipinski definition) is 1. The lowest BCUT2D eigenvalue weighted by molar-refractivity contribution is 0.166. The SMILES string of the molecule is Cn1nccc1Nc1nccc(-c2cc3c4c(nnn4c2)C(Oc2ccc(F)cc2)CCO3)n1. The van der Waals surface area contributed by atoms with Gasteiger partial charge in [0.15, 0.2) is 0 Å². The molecule has 0 spiro atoms. The van der Waals surface area contributed by atoms with Gasteiger partial charge in [-0.3, -0.25) is 4.68 Å². The summed E-state index contributed by atoms with van der Waals surface area (Å²) >= 11 is 0. The van der Waals surface area contributed by atoms with Gasteiger partial charge in [0.25, 0.3) is 0 Å². The lowest BCUT2D eigenvalue weighted by Crippen LogP contribution is -2.10. The summed E-state index contributed by atoms with van der Waals surface area (Å²) in [6, 6.07) is 11.5. The van der Waals surface area contributed by atoms with Gasteiger partial charge in [0.1, 0.15) is 40.4 Å². The fraction of sp³-hybridized carbons (Fsp3) is 0.174. The summed E-state index contributed by atoms with van der Waals surface area (Å²) in [7, 11) is 1.83. The maximum absolute atomic E-state index is 13.3. The standard InChI is InChI=1S/C23H19FN8O2/c1-31-20(7-10-26-31)28-23-25-9-6-17(27-23)14-12-19-22-21(29-30-32(22)13-14)18(8-11-33-19)34-16-4-2-15(24)3-5-16/h2-7,9-10,12-13,18H,8,11H2,1H3,(H,25,27,28). The Labute approximate surface area is 193 Å². The van der Waals surface area contributed by atoms with Crippen molar-refractivity contribution < 1.29 is 13.9 Å². The van der Waals surface area contributed by atoms with Gasteiger partial charge in [0.05, 0.1) is 18.5 Å². The van der Waals surface area contributed by atoms with Crippen LogP contribution in [0.3, 0.4) is 0 Å². The molecular weight excluding hydrogens is 439 g/mol. The van der Waals surface area contributed by atoms with Crippen molar-refractivity contribution in [1.29, 1.82) is 0 Å². The van der Waals surface area contributed by atoms with Gasteiger partial charge < -0.3 is 14.8 Å². The van der Waals surface area contributed by atoms with Crippen LogP contribution >= 0.6 is 0 Å². The van der Waals surface area contributed by atoms with E-state index in [9.17, 15) is 4.39 Å². The van der Waals surface area contributed by atoms with E-state index in [-0.39, 0.29) is 11.9 Å². The molecule has 0 saturated carbocycles.